The summed E-state index contributed by atoms with van der Waals surface area (Å²) in [6, 6.07) is 5.96. The highest BCUT2D eigenvalue weighted by Gasteiger charge is 2.37. The van der Waals surface area contributed by atoms with Gasteiger partial charge in [0.05, 0.1) is 33.7 Å². The molecule has 2 fully saturated rings. The van der Waals surface area contributed by atoms with Crippen molar-refractivity contribution in [1.82, 2.24) is 19.4 Å². The second-order valence-electron chi connectivity index (χ2n) is 9.45. The molecule has 0 radical (unpaired) electrons. The Bertz CT molecular complexity index is 1490. The van der Waals surface area contributed by atoms with Gasteiger partial charge in [-0.05, 0) is 60.7 Å². The quantitative estimate of drug-likeness (QED) is 0.464. The molecule has 204 valence electrons. The van der Waals surface area contributed by atoms with Crippen LogP contribution in [0.2, 0.25) is 0 Å². The number of nitrogens with zero attached hydrogens (tertiary/aromatic N) is 3. The SMILES string of the molecule is O=C(Cc1n[nH]c2ccc(C(F)(F)F)cc12)N1CCN(S(=O)(=O)c2cc(C3CC3)cc(C(F)(F)F)c2)CC1. The van der Waals surface area contributed by atoms with Crippen molar-refractivity contribution in [2.45, 2.75) is 42.4 Å². The van der Waals surface area contributed by atoms with E-state index in [9.17, 15) is 39.6 Å². The maximum atomic E-state index is 13.4. The minimum Gasteiger partial charge on any atom is -0.340 e. The van der Waals surface area contributed by atoms with Crippen LogP contribution in [-0.4, -0.2) is 59.9 Å². The van der Waals surface area contributed by atoms with E-state index in [2.05, 4.69) is 10.2 Å². The summed E-state index contributed by atoms with van der Waals surface area (Å²) >= 11 is 0. The van der Waals surface area contributed by atoms with Gasteiger partial charge in [0.2, 0.25) is 15.9 Å². The van der Waals surface area contributed by atoms with E-state index in [1.165, 1.54) is 17.0 Å². The zero-order chi connectivity index (χ0) is 27.5. The molecule has 1 aromatic heterocycles. The number of rotatable bonds is 5. The van der Waals surface area contributed by atoms with Gasteiger partial charge in [-0.3, -0.25) is 9.89 Å². The van der Waals surface area contributed by atoms with Crippen LogP contribution in [0.25, 0.3) is 10.9 Å². The standard InChI is InChI=1S/C24H22F6N4O3S/c25-23(26,27)16-3-4-20-19(12-16)21(32-31-20)13-22(35)33-5-7-34(8-6-33)38(36,37)18-10-15(14-1-2-14)9-17(11-18)24(28,29)30/h3-4,9-12,14H,1-2,5-8,13H2,(H,31,32). The lowest BCUT2D eigenvalue weighted by atomic mass is 10.1. The molecule has 0 bridgehead atoms. The number of halogens is 6. The normalized spacial score (nSPS) is 17.8. The van der Waals surface area contributed by atoms with E-state index in [1.54, 1.807) is 0 Å². The number of H-pyrrole nitrogens is 1. The van der Waals surface area contributed by atoms with Crippen LogP contribution >= 0.6 is 0 Å². The number of fused-ring (bicyclic) bond motifs is 1. The summed E-state index contributed by atoms with van der Waals surface area (Å²) in [4.78, 5) is 13.8. The Morgan fingerprint density at radius 1 is 0.921 bits per heavy atom. The van der Waals surface area contributed by atoms with Gasteiger partial charge in [-0.1, -0.05) is 0 Å². The number of aromatic amines is 1. The number of hydrogen-bond acceptors (Lipinski definition) is 4. The number of amides is 1. The van der Waals surface area contributed by atoms with Gasteiger partial charge in [0, 0.05) is 31.6 Å². The van der Waals surface area contributed by atoms with E-state index in [1.807, 2.05) is 0 Å². The summed E-state index contributed by atoms with van der Waals surface area (Å²) in [5, 5.41) is 6.72. The van der Waals surface area contributed by atoms with Crippen LogP contribution in [0.1, 0.15) is 41.1 Å². The molecule has 1 N–H and O–H groups in total. The molecule has 2 aliphatic rings. The molecule has 0 spiro atoms. The van der Waals surface area contributed by atoms with E-state index in [0.29, 0.717) is 30.0 Å². The molecule has 3 aromatic rings. The second-order valence-corrected chi connectivity index (χ2v) is 11.4. The lowest BCUT2D eigenvalue weighted by molar-refractivity contribution is -0.138. The first-order chi connectivity index (χ1) is 17.7. The monoisotopic (exact) mass is 560 g/mol. The van der Waals surface area contributed by atoms with Crippen molar-refractivity contribution in [3.8, 4) is 0 Å². The smallest absolute Gasteiger partial charge is 0.340 e. The van der Waals surface area contributed by atoms with Crippen LogP contribution in [0.15, 0.2) is 41.3 Å². The average Bonchev–Trinajstić information content (AvgIpc) is 3.64. The summed E-state index contributed by atoms with van der Waals surface area (Å²) in [5.41, 5.74) is -1.09. The van der Waals surface area contributed by atoms with Crippen molar-refractivity contribution in [2.24, 2.45) is 0 Å². The fourth-order valence-electron chi connectivity index (χ4n) is 4.55. The van der Waals surface area contributed by atoms with Crippen LogP contribution in [0, 0.1) is 0 Å². The average molecular weight is 561 g/mol. The van der Waals surface area contributed by atoms with Gasteiger partial charge >= 0.3 is 12.4 Å². The fourth-order valence-corrected chi connectivity index (χ4v) is 6.05. The molecule has 14 heteroatoms. The largest absolute Gasteiger partial charge is 0.416 e. The Labute approximate surface area is 213 Å². The predicted molar refractivity (Wildman–Crippen MR) is 124 cm³/mol. The topological polar surface area (TPSA) is 86.4 Å². The number of sulfonamides is 1. The molecule has 1 saturated heterocycles. The van der Waals surface area contributed by atoms with Crippen molar-refractivity contribution >= 4 is 26.8 Å². The van der Waals surface area contributed by atoms with Crippen LogP contribution in [0.5, 0.6) is 0 Å². The van der Waals surface area contributed by atoms with Gasteiger partial charge in [-0.25, -0.2) is 8.42 Å². The van der Waals surface area contributed by atoms with Crippen LogP contribution in [0.4, 0.5) is 26.3 Å². The van der Waals surface area contributed by atoms with E-state index in [-0.39, 0.29) is 49.6 Å². The Balaban J connectivity index is 1.29. The van der Waals surface area contributed by atoms with Crippen LogP contribution < -0.4 is 0 Å². The summed E-state index contributed by atoms with van der Waals surface area (Å²) in [5.74, 6) is -0.547. The second kappa shape index (κ2) is 9.26. The van der Waals surface area contributed by atoms with Crippen LogP contribution in [0.3, 0.4) is 0 Å². The fraction of sp³-hybridized carbons (Fsp3) is 0.417. The number of carbonyl (C=O) groups is 1. The number of aromatic nitrogens is 2. The van der Waals surface area contributed by atoms with Crippen molar-refractivity contribution in [2.75, 3.05) is 26.2 Å². The highest BCUT2D eigenvalue weighted by Crippen LogP contribution is 2.43. The third-order valence-corrected chi connectivity index (χ3v) is 8.70. The lowest BCUT2D eigenvalue weighted by Gasteiger charge is -2.34. The number of piperazine rings is 1. The molecule has 0 unspecified atom stereocenters. The maximum Gasteiger partial charge on any atom is 0.416 e. The number of nitrogens with one attached hydrogen (secondary N) is 1. The zero-order valence-corrected chi connectivity index (χ0v) is 20.6. The summed E-state index contributed by atoms with van der Waals surface area (Å²) in [7, 11) is -4.25. The minimum atomic E-state index is -4.70. The number of alkyl halides is 6. The number of benzene rings is 2. The molecule has 1 aliphatic carbocycles. The highest BCUT2D eigenvalue weighted by molar-refractivity contribution is 7.89. The third-order valence-electron chi connectivity index (χ3n) is 6.82. The van der Waals surface area contributed by atoms with Gasteiger partial charge < -0.3 is 4.90 Å². The summed E-state index contributed by atoms with van der Waals surface area (Å²) in [6.07, 6.45) is -8.16. The zero-order valence-electron chi connectivity index (χ0n) is 19.7. The molecule has 1 aliphatic heterocycles. The maximum absolute atomic E-state index is 13.4. The first-order valence-corrected chi connectivity index (χ1v) is 13.2. The van der Waals surface area contributed by atoms with Gasteiger partial charge in [0.15, 0.2) is 0 Å². The van der Waals surface area contributed by atoms with E-state index in [0.717, 1.165) is 22.5 Å². The van der Waals surface area contributed by atoms with E-state index >= 15 is 0 Å². The Hall–Kier alpha value is -3.13. The van der Waals surface area contributed by atoms with Crippen molar-refractivity contribution < 1.29 is 39.6 Å². The summed E-state index contributed by atoms with van der Waals surface area (Å²) in [6.45, 7) is -0.323. The van der Waals surface area contributed by atoms with Crippen molar-refractivity contribution in [3.05, 3.63) is 58.8 Å². The van der Waals surface area contributed by atoms with Crippen molar-refractivity contribution in [3.63, 3.8) is 0 Å². The van der Waals surface area contributed by atoms with Gasteiger partial charge in [-0.2, -0.15) is 35.7 Å². The van der Waals surface area contributed by atoms with E-state index < -0.39 is 44.3 Å². The Kier molecular flexibility index (Phi) is 6.45. The third kappa shape index (κ3) is 5.23. The minimum absolute atomic E-state index is 0.0251. The summed E-state index contributed by atoms with van der Waals surface area (Å²) < 4.78 is 107. The van der Waals surface area contributed by atoms with Crippen molar-refractivity contribution in [1.29, 1.82) is 0 Å². The molecule has 1 saturated carbocycles. The highest BCUT2D eigenvalue weighted by atomic mass is 32.2. The van der Waals surface area contributed by atoms with Gasteiger partial charge in [-0.15, -0.1) is 0 Å². The van der Waals surface area contributed by atoms with Gasteiger partial charge in [0.1, 0.15) is 0 Å². The molecular weight excluding hydrogens is 538 g/mol. The molecule has 1 amide bonds. The molecule has 7 nitrogen and oxygen atoms in total. The molecule has 5 rings (SSSR count). The lowest BCUT2D eigenvalue weighted by Crippen LogP contribution is -2.50. The Morgan fingerprint density at radius 2 is 1.58 bits per heavy atom. The molecule has 0 atom stereocenters. The van der Waals surface area contributed by atoms with Gasteiger partial charge in [0.25, 0.3) is 0 Å². The van der Waals surface area contributed by atoms with Crippen LogP contribution in [-0.2, 0) is 33.6 Å². The molecule has 2 aromatic carbocycles. The molecular formula is C24H22F6N4O3S. The van der Waals surface area contributed by atoms with E-state index in [4.69, 9.17) is 0 Å². The number of carbonyl (C=O) groups excluding carboxylic acids is 1. The molecule has 2 heterocycles. The first-order valence-electron chi connectivity index (χ1n) is 11.8. The molecule has 38 heavy (non-hydrogen) atoms. The predicted octanol–water partition coefficient (Wildman–Crippen LogP) is 4.55. The first kappa shape index (κ1) is 26.5. The number of hydrogen-bond donors (Lipinski definition) is 1. The Morgan fingerprint density at radius 3 is 2.18 bits per heavy atom.